The summed E-state index contributed by atoms with van der Waals surface area (Å²) >= 11 is 0. The topological polar surface area (TPSA) is 62.4 Å². The summed E-state index contributed by atoms with van der Waals surface area (Å²) in [5, 5.41) is 0.989. The van der Waals surface area contributed by atoms with Crippen molar-refractivity contribution in [2.45, 2.75) is 38.8 Å². The van der Waals surface area contributed by atoms with Crippen LogP contribution in [0.2, 0.25) is 0 Å². The van der Waals surface area contributed by atoms with Crippen molar-refractivity contribution in [1.82, 2.24) is 9.88 Å². The Bertz CT molecular complexity index is 1050. The first-order valence-electron chi connectivity index (χ1n) is 10.2. The summed E-state index contributed by atoms with van der Waals surface area (Å²) in [6.45, 7) is 3.58. The third-order valence-corrected chi connectivity index (χ3v) is 5.51. The van der Waals surface area contributed by atoms with Gasteiger partial charge in [0.2, 0.25) is 0 Å². The molecule has 2 heterocycles. The zero-order valence-corrected chi connectivity index (χ0v) is 16.7. The number of aryl methyl sites for hydroxylation is 1. The van der Waals surface area contributed by atoms with Crippen LogP contribution in [-0.4, -0.2) is 35.0 Å². The van der Waals surface area contributed by atoms with E-state index in [9.17, 15) is 9.59 Å². The van der Waals surface area contributed by atoms with Gasteiger partial charge >= 0.3 is 0 Å². The van der Waals surface area contributed by atoms with E-state index in [4.69, 9.17) is 4.74 Å². The van der Waals surface area contributed by atoms with Gasteiger partial charge in [0, 0.05) is 29.8 Å². The molecule has 5 heteroatoms. The van der Waals surface area contributed by atoms with Crippen molar-refractivity contribution in [3.63, 3.8) is 0 Å². The van der Waals surface area contributed by atoms with Gasteiger partial charge in [-0.2, -0.15) is 0 Å². The Morgan fingerprint density at radius 2 is 2.00 bits per heavy atom. The Kier molecular flexibility index (Phi) is 5.76. The van der Waals surface area contributed by atoms with Crippen LogP contribution in [0.15, 0.2) is 59.4 Å². The number of amides is 1. The lowest BCUT2D eigenvalue weighted by Gasteiger charge is -2.25. The van der Waals surface area contributed by atoms with Gasteiger partial charge in [-0.3, -0.25) is 9.59 Å². The van der Waals surface area contributed by atoms with Crippen LogP contribution in [0.1, 0.15) is 41.3 Å². The highest BCUT2D eigenvalue weighted by molar-refractivity contribution is 5.94. The van der Waals surface area contributed by atoms with E-state index >= 15 is 0 Å². The number of hydrogen-bond acceptors (Lipinski definition) is 3. The van der Waals surface area contributed by atoms with Crippen LogP contribution < -0.4 is 5.56 Å². The number of carbonyl (C=O) groups excluding carboxylic acids is 1. The maximum atomic E-state index is 13.2. The molecule has 1 aliphatic rings. The SMILES string of the molecule is CCc1ccc2[nH]c(=O)c(CN(C[C@@H]3CCCO3)C(=O)c3ccccc3)cc2c1. The second-order valence-electron chi connectivity index (χ2n) is 7.59. The van der Waals surface area contributed by atoms with Crippen LogP contribution >= 0.6 is 0 Å². The summed E-state index contributed by atoms with van der Waals surface area (Å²) in [5.41, 5.74) is 3.09. The molecule has 1 fully saturated rings. The molecule has 3 aromatic rings. The predicted molar refractivity (Wildman–Crippen MR) is 114 cm³/mol. The molecule has 1 atom stereocenters. The number of pyridine rings is 1. The van der Waals surface area contributed by atoms with E-state index in [1.807, 2.05) is 48.5 Å². The summed E-state index contributed by atoms with van der Waals surface area (Å²) < 4.78 is 5.76. The molecule has 150 valence electrons. The van der Waals surface area contributed by atoms with Crippen molar-refractivity contribution >= 4 is 16.8 Å². The molecule has 0 unspecified atom stereocenters. The standard InChI is InChI=1S/C24H26N2O3/c1-2-17-10-11-22-19(13-17)14-20(23(27)25-22)15-26(16-21-9-6-12-29-21)24(28)18-7-4-3-5-8-18/h3-5,7-8,10-11,13-14,21H,2,6,9,12,15-16H2,1H3,(H,25,27)/t21-/m0/s1. The smallest absolute Gasteiger partial charge is 0.254 e. The van der Waals surface area contributed by atoms with Crippen molar-refractivity contribution in [3.8, 4) is 0 Å². The molecule has 0 bridgehead atoms. The fourth-order valence-corrected chi connectivity index (χ4v) is 3.86. The minimum atomic E-state index is -0.153. The second-order valence-corrected chi connectivity index (χ2v) is 7.59. The lowest BCUT2D eigenvalue weighted by atomic mass is 10.1. The maximum Gasteiger partial charge on any atom is 0.254 e. The summed E-state index contributed by atoms with van der Waals surface area (Å²) in [6.07, 6.45) is 2.90. The lowest BCUT2D eigenvalue weighted by Crippen LogP contribution is -2.38. The molecule has 1 saturated heterocycles. The summed E-state index contributed by atoms with van der Waals surface area (Å²) in [4.78, 5) is 30.6. The maximum absolute atomic E-state index is 13.2. The van der Waals surface area contributed by atoms with E-state index in [0.717, 1.165) is 36.8 Å². The second kappa shape index (κ2) is 8.62. The number of ether oxygens (including phenoxy) is 1. The van der Waals surface area contributed by atoms with Gasteiger partial charge in [-0.1, -0.05) is 31.2 Å². The molecule has 0 saturated carbocycles. The average molecular weight is 390 g/mol. The highest BCUT2D eigenvalue weighted by Gasteiger charge is 2.24. The Morgan fingerprint density at radius 1 is 1.17 bits per heavy atom. The zero-order chi connectivity index (χ0) is 20.2. The van der Waals surface area contributed by atoms with Crippen LogP contribution in [0, 0.1) is 0 Å². The number of rotatable bonds is 6. The first-order valence-corrected chi connectivity index (χ1v) is 10.2. The van der Waals surface area contributed by atoms with Crippen LogP contribution in [0.3, 0.4) is 0 Å². The molecule has 1 N–H and O–H groups in total. The molecule has 1 aromatic heterocycles. The molecule has 5 nitrogen and oxygen atoms in total. The average Bonchev–Trinajstić information content (AvgIpc) is 3.26. The Hall–Kier alpha value is -2.92. The van der Waals surface area contributed by atoms with Gasteiger partial charge in [-0.25, -0.2) is 0 Å². The fraction of sp³-hybridized carbons (Fsp3) is 0.333. The molecular weight excluding hydrogens is 364 g/mol. The highest BCUT2D eigenvalue weighted by Crippen LogP contribution is 2.19. The van der Waals surface area contributed by atoms with Gasteiger partial charge in [0.15, 0.2) is 0 Å². The third-order valence-electron chi connectivity index (χ3n) is 5.51. The molecule has 1 aliphatic heterocycles. The van der Waals surface area contributed by atoms with Gasteiger partial charge in [-0.15, -0.1) is 0 Å². The number of nitrogens with zero attached hydrogens (tertiary/aromatic N) is 1. The number of nitrogens with one attached hydrogen (secondary N) is 1. The lowest BCUT2D eigenvalue weighted by molar-refractivity contribution is 0.0506. The first kappa shape index (κ1) is 19.4. The molecule has 0 aliphatic carbocycles. The predicted octanol–water partition coefficient (Wildman–Crippen LogP) is 3.91. The minimum absolute atomic E-state index is 0.0221. The first-order chi connectivity index (χ1) is 14.1. The number of aromatic amines is 1. The molecule has 0 radical (unpaired) electrons. The molecule has 29 heavy (non-hydrogen) atoms. The van der Waals surface area contributed by atoms with Gasteiger partial charge in [0.05, 0.1) is 12.6 Å². The fourth-order valence-electron chi connectivity index (χ4n) is 3.86. The van der Waals surface area contributed by atoms with Crippen LogP contribution in [-0.2, 0) is 17.7 Å². The van der Waals surface area contributed by atoms with Gasteiger partial charge < -0.3 is 14.6 Å². The van der Waals surface area contributed by atoms with Gasteiger partial charge in [0.25, 0.3) is 11.5 Å². The van der Waals surface area contributed by atoms with E-state index < -0.39 is 0 Å². The molecule has 0 spiro atoms. The number of fused-ring (bicyclic) bond motifs is 1. The summed E-state index contributed by atoms with van der Waals surface area (Å²) in [6, 6.07) is 17.2. The third kappa shape index (κ3) is 4.40. The van der Waals surface area contributed by atoms with Crippen molar-refractivity contribution < 1.29 is 9.53 Å². The van der Waals surface area contributed by atoms with Crippen LogP contribution in [0.25, 0.3) is 10.9 Å². The van der Waals surface area contributed by atoms with Crippen molar-refractivity contribution in [2.75, 3.05) is 13.2 Å². The molecular formula is C24H26N2O3. The number of carbonyl (C=O) groups is 1. The minimum Gasteiger partial charge on any atom is -0.376 e. The normalized spacial score (nSPS) is 16.2. The van der Waals surface area contributed by atoms with Crippen LogP contribution in [0.5, 0.6) is 0 Å². The van der Waals surface area contributed by atoms with E-state index in [1.54, 1.807) is 4.90 Å². The van der Waals surface area contributed by atoms with E-state index in [2.05, 4.69) is 18.0 Å². The largest absolute Gasteiger partial charge is 0.376 e. The number of aromatic nitrogens is 1. The van der Waals surface area contributed by atoms with Gasteiger partial charge in [0.1, 0.15) is 0 Å². The summed E-state index contributed by atoms with van der Waals surface area (Å²) in [7, 11) is 0. The van der Waals surface area contributed by atoms with Crippen molar-refractivity contribution in [2.24, 2.45) is 0 Å². The van der Waals surface area contributed by atoms with Crippen molar-refractivity contribution in [1.29, 1.82) is 0 Å². The molecule has 1 amide bonds. The van der Waals surface area contributed by atoms with Crippen LogP contribution in [0.4, 0.5) is 0 Å². The highest BCUT2D eigenvalue weighted by atomic mass is 16.5. The Morgan fingerprint density at radius 3 is 2.72 bits per heavy atom. The molecule has 2 aromatic carbocycles. The van der Waals surface area contributed by atoms with Gasteiger partial charge in [-0.05, 0) is 60.5 Å². The zero-order valence-electron chi connectivity index (χ0n) is 16.7. The summed E-state index contributed by atoms with van der Waals surface area (Å²) in [5.74, 6) is -0.0806. The quantitative estimate of drug-likeness (QED) is 0.694. The monoisotopic (exact) mass is 390 g/mol. The number of hydrogen-bond donors (Lipinski definition) is 1. The Labute approximate surface area is 170 Å². The number of benzene rings is 2. The molecule has 4 rings (SSSR count). The van der Waals surface area contributed by atoms with E-state index in [-0.39, 0.29) is 24.1 Å². The van der Waals surface area contributed by atoms with E-state index in [0.29, 0.717) is 17.7 Å². The number of H-pyrrole nitrogens is 1. The Balaban J connectivity index is 1.66. The van der Waals surface area contributed by atoms with E-state index in [1.165, 1.54) is 5.56 Å². The van der Waals surface area contributed by atoms with Crippen molar-refractivity contribution in [3.05, 3.63) is 81.6 Å².